The molecule has 0 aliphatic carbocycles. The van der Waals surface area contributed by atoms with Gasteiger partial charge in [-0.15, -0.1) is 0 Å². The number of aryl methyl sites for hydroxylation is 1. The molecule has 0 unspecified atom stereocenters. The highest BCUT2D eigenvalue weighted by Gasteiger charge is 2.48. The number of urea groups is 1. The summed E-state index contributed by atoms with van der Waals surface area (Å²) in [5.41, 5.74) is -0.110. The van der Waals surface area contributed by atoms with Gasteiger partial charge in [0, 0.05) is 6.04 Å². The average molecular weight is 423 g/mol. The number of amides is 4. The first-order chi connectivity index (χ1) is 13.6. The van der Waals surface area contributed by atoms with E-state index in [9.17, 15) is 22.8 Å². The van der Waals surface area contributed by atoms with Crippen LogP contribution in [0.4, 0.5) is 4.79 Å². The van der Waals surface area contributed by atoms with Gasteiger partial charge in [-0.2, -0.15) is 0 Å². The molecule has 0 bridgehead atoms. The molecule has 0 aromatic heterocycles. The second-order valence-electron chi connectivity index (χ2n) is 7.67. The number of ether oxygens (including phenoxy) is 1. The van der Waals surface area contributed by atoms with Crippen LogP contribution in [-0.4, -0.2) is 67.9 Å². The maximum Gasteiger partial charge on any atom is 0.325 e. The average Bonchev–Trinajstić information content (AvgIpc) is 3.11. The van der Waals surface area contributed by atoms with Gasteiger partial charge in [-0.3, -0.25) is 14.5 Å². The predicted octanol–water partition coefficient (Wildman–Crippen LogP) is 0.242. The highest BCUT2D eigenvalue weighted by molar-refractivity contribution is 7.91. The van der Waals surface area contributed by atoms with Crippen molar-refractivity contribution in [1.82, 2.24) is 15.5 Å². The van der Waals surface area contributed by atoms with Gasteiger partial charge in [-0.05, 0) is 43.9 Å². The topological polar surface area (TPSA) is 122 Å². The van der Waals surface area contributed by atoms with Crippen molar-refractivity contribution < 1.29 is 27.5 Å². The second kappa shape index (κ2) is 8.02. The number of hydrogen-bond acceptors (Lipinski definition) is 6. The van der Waals surface area contributed by atoms with Crippen LogP contribution in [0, 0.1) is 0 Å². The number of hydrogen-bond donors (Lipinski definition) is 2. The van der Waals surface area contributed by atoms with Crippen molar-refractivity contribution >= 4 is 27.7 Å². The molecule has 1 aromatic rings. The molecule has 2 N–H and O–H groups in total. The van der Waals surface area contributed by atoms with Crippen LogP contribution in [0.3, 0.4) is 0 Å². The molecule has 2 heterocycles. The number of carbonyl (C=O) groups excluding carboxylic acids is 3. The summed E-state index contributed by atoms with van der Waals surface area (Å²) in [5, 5.41) is 5.27. The van der Waals surface area contributed by atoms with E-state index in [1.54, 1.807) is 14.0 Å². The SMILES string of the molecule is COc1ccc(CC[C@@]2(C)NC(=O)N(CC(=O)N[C@H]3CCS(=O)(=O)C3)C2=O)cc1. The first-order valence-electron chi connectivity index (χ1n) is 9.39. The molecule has 2 aliphatic heterocycles. The molecule has 0 saturated carbocycles. The van der Waals surface area contributed by atoms with Gasteiger partial charge in [0.15, 0.2) is 9.84 Å². The molecular weight excluding hydrogens is 398 g/mol. The van der Waals surface area contributed by atoms with Crippen molar-refractivity contribution in [3.05, 3.63) is 29.8 Å². The molecule has 2 atom stereocenters. The van der Waals surface area contributed by atoms with E-state index < -0.39 is 45.8 Å². The minimum Gasteiger partial charge on any atom is -0.497 e. The minimum absolute atomic E-state index is 0.0323. The standard InChI is InChI=1S/C19H25N3O6S/c1-19(9-7-13-3-5-15(28-2)6-4-13)17(24)22(18(25)21-19)11-16(23)20-14-8-10-29(26,27)12-14/h3-6,14H,7-12H2,1-2H3,(H,20,23)(H,21,25)/t14-,19+/m0/s1. The molecule has 4 amide bonds. The quantitative estimate of drug-likeness (QED) is 0.606. The van der Waals surface area contributed by atoms with Crippen LogP contribution >= 0.6 is 0 Å². The lowest BCUT2D eigenvalue weighted by Gasteiger charge is -2.22. The van der Waals surface area contributed by atoms with Gasteiger partial charge in [0.2, 0.25) is 5.91 Å². The summed E-state index contributed by atoms with van der Waals surface area (Å²) in [6.07, 6.45) is 1.28. The largest absolute Gasteiger partial charge is 0.497 e. The monoisotopic (exact) mass is 423 g/mol. The van der Waals surface area contributed by atoms with Crippen LogP contribution in [0.25, 0.3) is 0 Å². The molecule has 2 saturated heterocycles. The maximum absolute atomic E-state index is 12.8. The molecule has 158 valence electrons. The number of imide groups is 1. The van der Waals surface area contributed by atoms with Crippen molar-refractivity contribution in [2.75, 3.05) is 25.2 Å². The summed E-state index contributed by atoms with van der Waals surface area (Å²) in [4.78, 5) is 38.2. The Labute approximate surface area is 169 Å². The number of nitrogens with one attached hydrogen (secondary N) is 2. The van der Waals surface area contributed by atoms with E-state index in [0.29, 0.717) is 19.3 Å². The lowest BCUT2D eigenvalue weighted by molar-refractivity contribution is -0.134. The number of rotatable bonds is 7. The van der Waals surface area contributed by atoms with Crippen LogP contribution in [0.2, 0.25) is 0 Å². The fourth-order valence-electron chi connectivity index (χ4n) is 3.57. The van der Waals surface area contributed by atoms with Crippen LogP contribution in [-0.2, 0) is 25.8 Å². The van der Waals surface area contributed by atoms with E-state index in [0.717, 1.165) is 16.2 Å². The third-order valence-electron chi connectivity index (χ3n) is 5.32. The van der Waals surface area contributed by atoms with E-state index in [-0.39, 0.29) is 11.5 Å². The molecule has 9 nitrogen and oxygen atoms in total. The molecule has 0 spiro atoms. The highest BCUT2D eigenvalue weighted by atomic mass is 32.2. The van der Waals surface area contributed by atoms with E-state index in [4.69, 9.17) is 4.74 Å². The van der Waals surface area contributed by atoms with Gasteiger partial charge in [0.1, 0.15) is 17.8 Å². The van der Waals surface area contributed by atoms with Crippen LogP contribution in [0.1, 0.15) is 25.3 Å². The lowest BCUT2D eigenvalue weighted by atomic mass is 9.93. The van der Waals surface area contributed by atoms with Gasteiger partial charge in [0.05, 0.1) is 18.6 Å². The minimum atomic E-state index is -3.13. The second-order valence-corrected chi connectivity index (χ2v) is 9.90. The predicted molar refractivity (Wildman–Crippen MR) is 105 cm³/mol. The maximum atomic E-state index is 12.8. The summed E-state index contributed by atoms with van der Waals surface area (Å²) >= 11 is 0. The molecule has 0 radical (unpaired) electrons. The Morgan fingerprint density at radius 1 is 1.31 bits per heavy atom. The van der Waals surface area contributed by atoms with Gasteiger partial charge >= 0.3 is 6.03 Å². The number of benzene rings is 1. The first kappa shape index (κ1) is 21.1. The number of methoxy groups -OCH3 is 1. The smallest absolute Gasteiger partial charge is 0.325 e. The Hall–Kier alpha value is -2.62. The third-order valence-corrected chi connectivity index (χ3v) is 7.09. The summed E-state index contributed by atoms with van der Waals surface area (Å²) in [6.45, 7) is 1.21. The van der Waals surface area contributed by atoms with Crippen molar-refractivity contribution in [3.63, 3.8) is 0 Å². The Kier molecular flexibility index (Phi) is 5.83. The van der Waals surface area contributed by atoms with Crippen molar-refractivity contribution in [3.8, 4) is 5.75 Å². The molecule has 2 fully saturated rings. The van der Waals surface area contributed by atoms with Gasteiger partial charge < -0.3 is 15.4 Å². The van der Waals surface area contributed by atoms with Gasteiger partial charge in [0.25, 0.3) is 5.91 Å². The zero-order chi connectivity index (χ0) is 21.2. The van der Waals surface area contributed by atoms with E-state index in [1.807, 2.05) is 24.3 Å². The number of carbonyl (C=O) groups is 3. The molecular formula is C19H25N3O6S. The van der Waals surface area contributed by atoms with Crippen molar-refractivity contribution in [1.29, 1.82) is 0 Å². The number of nitrogens with zero attached hydrogens (tertiary/aromatic N) is 1. The Balaban J connectivity index is 1.57. The Morgan fingerprint density at radius 3 is 2.59 bits per heavy atom. The number of sulfone groups is 1. The summed E-state index contributed by atoms with van der Waals surface area (Å²) in [5.74, 6) is -0.360. The molecule has 10 heteroatoms. The molecule has 1 aromatic carbocycles. The highest BCUT2D eigenvalue weighted by Crippen LogP contribution is 2.24. The normalized spacial score (nSPS) is 25.7. The molecule has 3 rings (SSSR count). The van der Waals surface area contributed by atoms with Crippen LogP contribution in [0.5, 0.6) is 5.75 Å². The Bertz CT molecular complexity index is 914. The zero-order valence-electron chi connectivity index (χ0n) is 16.4. The fourth-order valence-corrected chi connectivity index (χ4v) is 5.25. The molecule has 29 heavy (non-hydrogen) atoms. The summed E-state index contributed by atoms with van der Waals surface area (Å²) < 4.78 is 28.1. The van der Waals surface area contributed by atoms with E-state index >= 15 is 0 Å². The van der Waals surface area contributed by atoms with E-state index in [1.165, 1.54) is 0 Å². The van der Waals surface area contributed by atoms with Gasteiger partial charge in [-0.25, -0.2) is 13.2 Å². The first-order valence-corrected chi connectivity index (χ1v) is 11.2. The molecule has 2 aliphatic rings. The zero-order valence-corrected chi connectivity index (χ0v) is 17.3. The summed E-state index contributed by atoms with van der Waals surface area (Å²) in [7, 11) is -1.55. The van der Waals surface area contributed by atoms with Gasteiger partial charge in [-0.1, -0.05) is 12.1 Å². The van der Waals surface area contributed by atoms with Crippen LogP contribution < -0.4 is 15.4 Å². The van der Waals surface area contributed by atoms with Crippen molar-refractivity contribution in [2.24, 2.45) is 0 Å². The fraction of sp³-hybridized carbons (Fsp3) is 0.526. The van der Waals surface area contributed by atoms with E-state index in [2.05, 4.69) is 10.6 Å². The Morgan fingerprint density at radius 2 is 2.00 bits per heavy atom. The van der Waals surface area contributed by atoms with Crippen molar-refractivity contribution in [2.45, 2.75) is 37.8 Å². The van der Waals surface area contributed by atoms with Crippen LogP contribution in [0.15, 0.2) is 24.3 Å². The summed E-state index contributed by atoms with van der Waals surface area (Å²) in [6, 6.07) is 6.34. The lowest BCUT2D eigenvalue weighted by Crippen LogP contribution is -2.46. The third kappa shape index (κ3) is 4.87.